The second-order valence-corrected chi connectivity index (χ2v) is 9.42. The normalized spacial score (nSPS) is 25.8. The zero-order valence-electron chi connectivity index (χ0n) is 18.1. The third kappa shape index (κ3) is 1.85. The Bertz CT molecular complexity index is 1230. The van der Waals surface area contributed by atoms with Gasteiger partial charge >= 0.3 is 0 Å². The minimum Gasteiger partial charge on any atom is -0.420 e. The van der Waals surface area contributed by atoms with Gasteiger partial charge in [-0.1, -0.05) is 13.0 Å². The van der Waals surface area contributed by atoms with Crippen molar-refractivity contribution >= 4 is 11.6 Å². The number of amides is 1. The second kappa shape index (κ2) is 5.45. The Morgan fingerprint density at radius 2 is 2.03 bits per heavy atom. The number of H-pyrrole nitrogens is 1. The van der Waals surface area contributed by atoms with Gasteiger partial charge < -0.3 is 15.4 Å². The predicted molar refractivity (Wildman–Crippen MR) is 112 cm³/mol. The molecular formula is C23H25N5O2. The van der Waals surface area contributed by atoms with Crippen LogP contribution in [0.5, 0.6) is 5.88 Å². The van der Waals surface area contributed by atoms with Crippen LogP contribution in [0, 0.1) is 32.1 Å². The van der Waals surface area contributed by atoms with Crippen molar-refractivity contribution in [3.8, 4) is 11.9 Å². The van der Waals surface area contributed by atoms with E-state index < -0.39 is 11.0 Å². The Labute approximate surface area is 175 Å². The quantitative estimate of drug-likeness (QED) is 0.701. The molecule has 5 rings (SSSR count). The first kappa shape index (κ1) is 18.7. The number of anilines is 1. The molecule has 1 amide bonds. The summed E-state index contributed by atoms with van der Waals surface area (Å²) in [6.07, 6.45) is 0.832. The van der Waals surface area contributed by atoms with E-state index in [0.29, 0.717) is 11.3 Å². The number of nitrogens with one attached hydrogen (secondary N) is 1. The van der Waals surface area contributed by atoms with Crippen LogP contribution in [-0.2, 0) is 10.2 Å². The van der Waals surface area contributed by atoms with Crippen LogP contribution < -0.4 is 15.4 Å². The molecule has 0 aliphatic carbocycles. The van der Waals surface area contributed by atoms with Crippen LogP contribution in [0.4, 0.5) is 5.69 Å². The zero-order valence-corrected chi connectivity index (χ0v) is 18.1. The molecule has 4 heterocycles. The molecule has 1 aromatic carbocycles. The molecule has 1 spiro atoms. The fourth-order valence-electron chi connectivity index (χ4n) is 5.90. The minimum atomic E-state index is -1.36. The van der Waals surface area contributed by atoms with Crippen molar-refractivity contribution in [2.45, 2.75) is 64.8 Å². The van der Waals surface area contributed by atoms with Gasteiger partial charge in [-0.15, -0.1) is 5.10 Å². The molecule has 154 valence electrons. The maximum atomic E-state index is 14.5. The number of aryl methyl sites for hydroxylation is 2. The van der Waals surface area contributed by atoms with Crippen LogP contribution in [0.3, 0.4) is 0 Å². The molecule has 2 atom stereocenters. The van der Waals surface area contributed by atoms with Gasteiger partial charge in [0.25, 0.3) is 0 Å². The molecule has 3 aliphatic heterocycles. The largest absolute Gasteiger partial charge is 0.420 e. The number of carbonyl (C=O) groups excluding carboxylic acids is 1. The molecule has 0 bridgehead atoms. The number of fused-ring (bicyclic) bond motifs is 3. The lowest BCUT2D eigenvalue weighted by Crippen LogP contribution is -2.54. The number of aromatic amines is 1. The van der Waals surface area contributed by atoms with Crippen molar-refractivity contribution < 1.29 is 9.53 Å². The first-order valence-electron chi connectivity index (χ1n) is 10.2. The molecule has 0 radical (unpaired) electrons. The standard InChI is InChI=1S/C23H25N5O2/c1-10-7-14-11(2)8-22(5,6)28-18(14)16(12(10)3)23(21(28)29)15(9-24)19(25)30-20-17(23)13(4)26-27-20/h7,11H,8,25H2,1-6H3,(H,26,27)/t11-,23-/m0/s1. The van der Waals surface area contributed by atoms with Crippen LogP contribution in [-0.4, -0.2) is 21.6 Å². The van der Waals surface area contributed by atoms with Gasteiger partial charge in [-0.25, -0.2) is 0 Å². The van der Waals surface area contributed by atoms with E-state index in [-0.39, 0.29) is 29.2 Å². The maximum absolute atomic E-state index is 14.5. The van der Waals surface area contributed by atoms with Gasteiger partial charge in [0.2, 0.25) is 17.7 Å². The van der Waals surface area contributed by atoms with Gasteiger partial charge in [-0.3, -0.25) is 9.89 Å². The SMILES string of the molecule is Cc1cc2c3c(c1C)[C@@]1(C(=O)N3C(C)(C)C[C@@H]2C)C(C#N)=C(N)Oc2n[nH]c(C)c21. The maximum Gasteiger partial charge on any atom is 0.248 e. The number of hydrogen-bond acceptors (Lipinski definition) is 5. The van der Waals surface area contributed by atoms with E-state index in [9.17, 15) is 10.1 Å². The number of ether oxygens (including phenoxy) is 1. The number of hydrogen-bond donors (Lipinski definition) is 2. The van der Waals surface area contributed by atoms with Crippen molar-refractivity contribution in [1.29, 1.82) is 5.26 Å². The van der Waals surface area contributed by atoms with E-state index in [0.717, 1.165) is 34.4 Å². The van der Waals surface area contributed by atoms with E-state index in [1.54, 1.807) is 0 Å². The summed E-state index contributed by atoms with van der Waals surface area (Å²) in [6.45, 7) is 12.3. The van der Waals surface area contributed by atoms with E-state index in [1.807, 2.05) is 18.7 Å². The summed E-state index contributed by atoms with van der Waals surface area (Å²) >= 11 is 0. The zero-order chi connectivity index (χ0) is 21.7. The smallest absolute Gasteiger partial charge is 0.248 e. The minimum absolute atomic E-state index is 0.0646. The molecule has 0 saturated heterocycles. The van der Waals surface area contributed by atoms with Crippen LogP contribution >= 0.6 is 0 Å². The summed E-state index contributed by atoms with van der Waals surface area (Å²) in [5.74, 6) is 0.324. The van der Waals surface area contributed by atoms with Gasteiger partial charge in [0.05, 0.1) is 11.3 Å². The highest BCUT2D eigenvalue weighted by atomic mass is 16.5. The molecule has 30 heavy (non-hydrogen) atoms. The highest BCUT2D eigenvalue weighted by Crippen LogP contribution is 2.62. The fourth-order valence-corrected chi connectivity index (χ4v) is 5.90. The number of carbonyl (C=O) groups is 1. The fraction of sp³-hybridized carbons (Fsp3) is 0.435. The third-order valence-corrected chi connectivity index (χ3v) is 7.14. The summed E-state index contributed by atoms with van der Waals surface area (Å²) in [5.41, 5.74) is 10.9. The molecule has 0 fully saturated rings. The van der Waals surface area contributed by atoms with Gasteiger partial charge in [-0.05, 0) is 63.6 Å². The lowest BCUT2D eigenvalue weighted by Gasteiger charge is -2.44. The van der Waals surface area contributed by atoms with Gasteiger partial charge in [0.1, 0.15) is 17.1 Å². The molecule has 0 saturated carbocycles. The summed E-state index contributed by atoms with van der Waals surface area (Å²) < 4.78 is 5.69. The second-order valence-electron chi connectivity index (χ2n) is 9.42. The number of aromatic nitrogens is 2. The number of nitrogens with zero attached hydrogens (tertiary/aromatic N) is 3. The Balaban J connectivity index is 2.04. The average molecular weight is 403 g/mol. The van der Waals surface area contributed by atoms with Gasteiger partial charge in [-0.2, -0.15) is 5.26 Å². The van der Waals surface area contributed by atoms with Crippen molar-refractivity contribution in [3.63, 3.8) is 0 Å². The predicted octanol–water partition coefficient (Wildman–Crippen LogP) is 3.34. The highest BCUT2D eigenvalue weighted by molar-refractivity contribution is 6.16. The Kier molecular flexibility index (Phi) is 3.40. The highest BCUT2D eigenvalue weighted by Gasteiger charge is 2.65. The van der Waals surface area contributed by atoms with Crippen LogP contribution in [0.2, 0.25) is 0 Å². The number of rotatable bonds is 0. The number of nitrogens with two attached hydrogens (primary N) is 1. The molecular weight excluding hydrogens is 378 g/mol. The first-order valence-corrected chi connectivity index (χ1v) is 10.2. The molecule has 2 aromatic rings. The summed E-state index contributed by atoms with van der Waals surface area (Å²) in [6, 6.07) is 4.42. The molecule has 7 heteroatoms. The Morgan fingerprint density at radius 1 is 1.33 bits per heavy atom. The monoisotopic (exact) mass is 403 g/mol. The van der Waals surface area contributed by atoms with E-state index in [1.165, 1.54) is 0 Å². The molecule has 0 unspecified atom stereocenters. The Hall–Kier alpha value is -3.27. The van der Waals surface area contributed by atoms with Gasteiger partial charge in [0.15, 0.2) is 0 Å². The topological polar surface area (TPSA) is 108 Å². The van der Waals surface area contributed by atoms with Crippen LogP contribution in [0.1, 0.15) is 66.6 Å². The van der Waals surface area contributed by atoms with Gasteiger partial charge in [0, 0.05) is 16.8 Å². The molecule has 3 aliphatic rings. The van der Waals surface area contributed by atoms with Crippen molar-refractivity contribution in [2.75, 3.05) is 4.90 Å². The van der Waals surface area contributed by atoms with Crippen molar-refractivity contribution in [1.82, 2.24) is 10.2 Å². The van der Waals surface area contributed by atoms with Crippen LogP contribution in [0.25, 0.3) is 0 Å². The average Bonchev–Trinajstić information content (AvgIpc) is 3.14. The van der Waals surface area contributed by atoms with E-state index in [4.69, 9.17) is 10.5 Å². The number of benzene rings is 1. The summed E-state index contributed by atoms with van der Waals surface area (Å²) in [5, 5.41) is 17.4. The molecule has 3 N–H and O–H groups in total. The molecule has 1 aromatic heterocycles. The lowest BCUT2D eigenvalue weighted by molar-refractivity contribution is -0.122. The van der Waals surface area contributed by atoms with E-state index >= 15 is 0 Å². The van der Waals surface area contributed by atoms with Crippen LogP contribution in [0.15, 0.2) is 17.5 Å². The Morgan fingerprint density at radius 3 is 2.70 bits per heavy atom. The van der Waals surface area contributed by atoms with Crippen molar-refractivity contribution in [3.05, 3.63) is 51.0 Å². The first-order chi connectivity index (χ1) is 14.1. The third-order valence-electron chi connectivity index (χ3n) is 7.14. The molecule has 7 nitrogen and oxygen atoms in total. The summed E-state index contributed by atoms with van der Waals surface area (Å²) in [4.78, 5) is 16.4. The summed E-state index contributed by atoms with van der Waals surface area (Å²) in [7, 11) is 0. The number of nitriles is 1. The van der Waals surface area contributed by atoms with Crippen molar-refractivity contribution in [2.24, 2.45) is 5.73 Å². The van der Waals surface area contributed by atoms with E-state index in [2.05, 4.69) is 50.0 Å². The lowest BCUT2D eigenvalue weighted by atomic mass is 9.67.